The minimum absolute atomic E-state index is 0.193. The number of Topliss-reactive ketones (excluding diaryl/α,β-unsaturated/α-hetero) is 1. The van der Waals surface area contributed by atoms with Gasteiger partial charge in [-0.2, -0.15) is 0 Å². The van der Waals surface area contributed by atoms with Crippen molar-refractivity contribution in [3.05, 3.63) is 58.9 Å². The summed E-state index contributed by atoms with van der Waals surface area (Å²) in [4.78, 5) is 14.7. The quantitative estimate of drug-likeness (QED) is 0.753. The van der Waals surface area contributed by atoms with Crippen molar-refractivity contribution in [1.29, 1.82) is 0 Å². The normalized spacial score (nSPS) is 11.4. The first kappa shape index (κ1) is 16.5. The van der Waals surface area contributed by atoms with E-state index in [0.29, 0.717) is 12.6 Å². The Labute approximate surface area is 133 Å². The molecule has 22 heavy (non-hydrogen) atoms. The molecule has 0 aliphatic rings. The highest BCUT2D eigenvalue weighted by Gasteiger charge is 2.18. The summed E-state index contributed by atoms with van der Waals surface area (Å²) in [5.74, 6) is 0.193. The summed E-state index contributed by atoms with van der Waals surface area (Å²) in [6.45, 7) is 9.63. The molecule has 0 radical (unpaired) electrons. The standard InChI is InChI=1S/C19H26N2O/c1-14(2)21-15(3)11-18(16(21)4)19(22)13-20(5)12-17-9-7-6-8-10-17/h6-11,14H,12-13H2,1-5H3. The minimum Gasteiger partial charge on any atom is -0.346 e. The molecule has 2 rings (SSSR count). The number of benzene rings is 1. The van der Waals surface area contributed by atoms with Gasteiger partial charge in [0, 0.05) is 29.5 Å². The van der Waals surface area contributed by atoms with Crippen molar-refractivity contribution in [1.82, 2.24) is 9.47 Å². The lowest BCUT2D eigenvalue weighted by atomic mass is 10.1. The van der Waals surface area contributed by atoms with Crippen LogP contribution in [-0.4, -0.2) is 28.8 Å². The number of carbonyl (C=O) groups is 1. The van der Waals surface area contributed by atoms with Crippen LogP contribution in [0, 0.1) is 13.8 Å². The molecule has 1 aromatic heterocycles. The van der Waals surface area contributed by atoms with Gasteiger partial charge in [-0.15, -0.1) is 0 Å². The first-order chi connectivity index (χ1) is 10.4. The van der Waals surface area contributed by atoms with Crippen molar-refractivity contribution in [2.24, 2.45) is 0 Å². The van der Waals surface area contributed by atoms with Gasteiger partial charge < -0.3 is 4.57 Å². The number of rotatable bonds is 6. The van der Waals surface area contributed by atoms with E-state index in [0.717, 1.165) is 23.5 Å². The topological polar surface area (TPSA) is 25.2 Å². The summed E-state index contributed by atoms with van der Waals surface area (Å²) in [7, 11) is 1.99. The third kappa shape index (κ3) is 3.66. The van der Waals surface area contributed by atoms with Crippen LogP contribution in [0.4, 0.5) is 0 Å². The van der Waals surface area contributed by atoms with Gasteiger partial charge >= 0.3 is 0 Å². The number of likely N-dealkylation sites (N-methyl/N-ethyl adjacent to an activating group) is 1. The summed E-state index contributed by atoms with van der Waals surface area (Å²) < 4.78 is 2.23. The van der Waals surface area contributed by atoms with Gasteiger partial charge in [0.15, 0.2) is 5.78 Å². The summed E-state index contributed by atoms with van der Waals surface area (Å²) in [6.07, 6.45) is 0. The van der Waals surface area contributed by atoms with Gasteiger partial charge in [0.1, 0.15) is 0 Å². The third-order valence-corrected chi connectivity index (χ3v) is 4.01. The molecular weight excluding hydrogens is 272 g/mol. The highest BCUT2D eigenvalue weighted by atomic mass is 16.1. The van der Waals surface area contributed by atoms with Crippen molar-refractivity contribution < 1.29 is 4.79 Å². The SMILES string of the molecule is Cc1cc(C(=O)CN(C)Cc2ccccc2)c(C)n1C(C)C. The lowest BCUT2D eigenvalue weighted by molar-refractivity contribution is 0.0942. The first-order valence-corrected chi connectivity index (χ1v) is 7.84. The Hall–Kier alpha value is -1.87. The zero-order chi connectivity index (χ0) is 16.3. The Bertz CT molecular complexity index is 641. The summed E-state index contributed by atoms with van der Waals surface area (Å²) in [5.41, 5.74) is 4.31. The van der Waals surface area contributed by atoms with Crippen molar-refractivity contribution in [3.63, 3.8) is 0 Å². The van der Waals surface area contributed by atoms with E-state index in [1.807, 2.05) is 38.2 Å². The summed E-state index contributed by atoms with van der Waals surface area (Å²) in [5, 5.41) is 0. The monoisotopic (exact) mass is 298 g/mol. The van der Waals surface area contributed by atoms with Crippen LogP contribution < -0.4 is 0 Å². The molecule has 0 aliphatic heterocycles. The molecule has 0 amide bonds. The Morgan fingerprint density at radius 1 is 1.18 bits per heavy atom. The fraction of sp³-hybridized carbons (Fsp3) is 0.421. The van der Waals surface area contributed by atoms with Crippen LogP contribution in [0.5, 0.6) is 0 Å². The zero-order valence-electron chi connectivity index (χ0n) is 14.3. The maximum Gasteiger partial charge on any atom is 0.178 e. The number of hydrogen-bond acceptors (Lipinski definition) is 2. The maximum absolute atomic E-state index is 12.6. The smallest absolute Gasteiger partial charge is 0.178 e. The lowest BCUT2D eigenvalue weighted by Crippen LogP contribution is -2.26. The van der Waals surface area contributed by atoms with E-state index < -0.39 is 0 Å². The predicted octanol–water partition coefficient (Wildman–Crippen LogP) is 4.00. The number of aromatic nitrogens is 1. The molecule has 3 heteroatoms. The van der Waals surface area contributed by atoms with Crippen LogP contribution in [0.25, 0.3) is 0 Å². The molecule has 0 bridgehead atoms. The van der Waals surface area contributed by atoms with Crippen molar-refractivity contribution in [3.8, 4) is 0 Å². The molecule has 0 spiro atoms. The highest BCUT2D eigenvalue weighted by Crippen LogP contribution is 2.20. The maximum atomic E-state index is 12.6. The van der Waals surface area contributed by atoms with Gasteiger partial charge in [-0.3, -0.25) is 9.69 Å². The largest absolute Gasteiger partial charge is 0.346 e. The first-order valence-electron chi connectivity index (χ1n) is 7.84. The van der Waals surface area contributed by atoms with E-state index in [9.17, 15) is 4.79 Å². The zero-order valence-corrected chi connectivity index (χ0v) is 14.3. The van der Waals surface area contributed by atoms with Crippen LogP contribution in [-0.2, 0) is 6.54 Å². The molecule has 0 atom stereocenters. The number of carbonyl (C=O) groups excluding carboxylic acids is 1. The minimum atomic E-state index is 0.193. The Morgan fingerprint density at radius 2 is 1.82 bits per heavy atom. The highest BCUT2D eigenvalue weighted by molar-refractivity contribution is 5.99. The molecule has 0 N–H and O–H groups in total. The molecule has 118 valence electrons. The van der Waals surface area contributed by atoms with E-state index in [2.05, 4.69) is 42.4 Å². The second-order valence-corrected chi connectivity index (χ2v) is 6.33. The third-order valence-electron chi connectivity index (χ3n) is 4.01. The molecule has 0 aliphatic carbocycles. The molecule has 0 saturated heterocycles. The van der Waals surface area contributed by atoms with Crippen LogP contribution in [0.15, 0.2) is 36.4 Å². The fourth-order valence-electron chi connectivity index (χ4n) is 3.14. The van der Waals surface area contributed by atoms with Gasteiger partial charge in [-0.25, -0.2) is 0 Å². The molecule has 1 aromatic carbocycles. The van der Waals surface area contributed by atoms with Crippen LogP contribution in [0.3, 0.4) is 0 Å². The van der Waals surface area contributed by atoms with Gasteiger partial charge in [0.05, 0.1) is 6.54 Å². The Kier molecular flexibility index (Phi) is 5.19. The average molecular weight is 298 g/mol. The number of ketones is 1. The van der Waals surface area contributed by atoms with Gasteiger partial charge in [-0.1, -0.05) is 30.3 Å². The second kappa shape index (κ2) is 6.93. The predicted molar refractivity (Wildman–Crippen MR) is 91.4 cm³/mol. The molecule has 0 fully saturated rings. The second-order valence-electron chi connectivity index (χ2n) is 6.33. The molecule has 0 unspecified atom stereocenters. The lowest BCUT2D eigenvalue weighted by Gasteiger charge is -2.16. The number of aryl methyl sites for hydroxylation is 1. The number of nitrogens with zero attached hydrogens (tertiary/aromatic N) is 2. The Morgan fingerprint density at radius 3 is 2.36 bits per heavy atom. The van der Waals surface area contributed by atoms with Crippen molar-refractivity contribution >= 4 is 5.78 Å². The molecule has 0 saturated carbocycles. The van der Waals surface area contributed by atoms with E-state index >= 15 is 0 Å². The molecular formula is C19H26N2O. The van der Waals surface area contributed by atoms with Crippen LogP contribution in [0.1, 0.15) is 47.2 Å². The van der Waals surface area contributed by atoms with Crippen LogP contribution >= 0.6 is 0 Å². The van der Waals surface area contributed by atoms with Crippen molar-refractivity contribution in [2.75, 3.05) is 13.6 Å². The number of hydrogen-bond donors (Lipinski definition) is 0. The van der Waals surface area contributed by atoms with Crippen LogP contribution in [0.2, 0.25) is 0 Å². The van der Waals surface area contributed by atoms with Gasteiger partial charge in [0.2, 0.25) is 0 Å². The van der Waals surface area contributed by atoms with E-state index in [1.165, 1.54) is 5.56 Å². The van der Waals surface area contributed by atoms with Crippen molar-refractivity contribution in [2.45, 2.75) is 40.3 Å². The molecule has 1 heterocycles. The van der Waals surface area contributed by atoms with E-state index in [4.69, 9.17) is 0 Å². The van der Waals surface area contributed by atoms with Gasteiger partial charge in [0.25, 0.3) is 0 Å². The molecule has 2 aromatic rings. The van der Waals surface area contributed by atoms with E-state index in [-0.39, 0.29) is 5.78 Å². The summed E-state index contributed by atoms with van der Waals surface area (Å²) in [6, 6.07) is 12.6. The Balaban J connectivity index is 2.08. The average Bonchev–Trinajstić information content (AvgIpc) is 2.75. The summed E-state index contributed by atoms with van der Waals surface area (Å²) >= 11 is 0. The van der Waals surface area contributed by atoms with Gasteiger partial charge in [-0.05, 0) is 46.4 Å². The molecule has 3 nitrogen and oxygen atoms in total. The van der Waals surface area contributed by atoms with E-state index in [1.54, 1.807) is 0 Å². The fourth-order valence-corrected chi connectivity index (χ4v) is 3.14.